The lowest BCUT2D eigenvalue weighted by Gasteiger charge is -2.37. The lowest BCUT2D eigenvalue weighted by atomic mass is 10.1. The Hall–Kier alpha value is 0.310. The summed E-state index contributed by atoms with van der Waals surface area (Å²) in [5.41, 5.74) is 0. The van der Waals surface area contributed by atoms with Crippen molar-refractivity contribution in [2.75, 3.05) is 12.4 Å². The van der Waals surface area contributed by atoms with Crippen molar-refractivity contribution in [3.8, 4) is 0 Å². The van der Waals surface area contributed by atoms with E-state index in [1.54, 1.807) is 5.25 Å². The zero-order valence-electron chi connectivity index (χ0n) is 4.72. The van der Waals surface area contributed by atoms with E-state index in [9.17, 15) is 0 Å². The van der Waals surface area contributed by atoms with E-state index in [4.69, 9.17) is 4.74 Å². The second-order valence-corrected chi connectivity index (χ2v) is 3.43. The lowest BCUT2D eigenvalue weighted by molar-refractivity contribution is -0.0348. The molecule has 2 saturated heterocycles. The SMILES string of the molecule is C1CC([C]2CCS2)O1. The summed E-state index contributed by atoms with van der Waals surface area (Å²) in [5.74, 6) is 1.33. The Labute approximate surface area is 53.8 Å². The maximum absolute atomic E-state index is 5.28. The van der Waals surface area contributed by atoms with Gasteiger partial charge >= 0.3 is 0 Å². The fourth-order valence-electron chi connectivity index (χ4n) is 0.963. The highest BCUT2D eigenvalue weighted by atomic mass is 32.2. The van der Waals surface area contributed by atoms with Crippen LogP contribution >= 0.6 is 11.8 Å². The van der Waals surface area contributed by atoms with Crippen molar-refractivity contribution >= 4 is 11.8 Å². The number of hydrogen-bond donors (Lipinski definition) is 0. The molecule has 2 rings (SSSR count). The van der Waals surface area contributed by atoms with Crippen LogP contribution in [0.15, 0.2) is 0 Å². The van der Waals surface area contributed by atoms with Crippen molar-refractivity contribution < 1.29 is 4.74 Å². The average Bonchev–Trinajstić information content (AvgIpc) is 1.47. The Morgan fingerprint density at radius 3 is 2.50 bits per heavy atom. The Bertz CT molecular complexity index is 74.5. The van der Waals surface area contributed by atoms with E-state index in [0.717, 1.165) is 6.61 Å². The monoisotopic (exact) mass is 129 g/mol. The molecule has 0 aromatic carbocycles. The van der Waals surface area contributed by atoms with Gasteiger partial charge in [0.05, 0.1) is 11.4 Å². The standard InChI is InChI=1S/C6H9OS/c1-3-7-5(1)6-2-4-8-6/h5H,1-4H2. The summed E-state index contributed by atoms with van der Waals surface area (Å²) in [6.45, 7) is 0.995. The second kappa shape index (κ2) is 1.92. The van der Waals surface area contributed by atoms with Gasteiger partial charge in [-0.1, -0.05) is 0 Å². The van der Waals surface area contributed by atoms with Crippen LogP contribution in [0.4, 0.5) is 0 Å². The van der Waals surface area contributed by atoms with Crippen LogP contribution in [-0.4, -0.2) is 18.5 Å². The third kappa shape index (κ3) is 0.669. The molecule has 2 fully saturated rings. The average molecular weight is 129 g/mol. The molecule has 0 aromatic rings. The van der Waals surface area contributed by atoms with Crippen LogP contribution in [0.1, 0.15) is 12.8 Å². The number of hydrogen-bond acceptors (Lipinski definition) is 2. The summed E-state index contributed by atoms with van der Waals surface area (Å²) in [7, 11) is 0. The van der Waals surface area contributed by atoms with Gasteiger partial charge in [0.1, 0.15) is 0 Å². The van der Waals surface area contributed by atoms with Crippen LogP contribution in [0, 0.1) is 5.25 Å². The van der Waals surface area contributed by atoms with Crippen molar-refractivity contribution in [2.45, 2.75) is 18.9 Å². The van der Waals surface area contributed by atoms with Crippen molar-refractivity contribution in [2.24, 2.45) is 0 Å². The Morgan fingerprint density at radius 2 is 2.38 bits per heavy atom. The maximum Gasteiger partial charge on any atom is 0.0758 e. The Balaban J connectivity index is 1.79. The molecule has 0 saturated carbocycles. The molecule has 1 radical (unpaired) electrons. The van der Waals surface area contributed by atoms with Gasteiger partial charge in [0, 0.05) is 6.61 Å². The van der Waals surface area contributed by atoms with E-state index >= 15 is 0 Å². The van der Waals surface area contributed by atoms with E-state index in [1.807, 2.05) is 11.8 Å². The highest BCUT2D eigenvalue weighted by molar-refractivity contribution is 8.03. The Kier molecular flexibility index (Phi) is 1.23. The van der Waals surface area contributed by atoms with Crippen LogP contribution in [0.25, 0.3) is 0 Å². The summed E-state index contributed by atoms with van der Waals surface area (Å²) in [5, 5.41) is 1.59. The number of ether oxygens (including phenoxy) is 1. The third-order valence-electron chi connectivity index (χ3n) is 1.69. The molecule has 1 unspecified atom stereocenters. The van der Waals surface area contributed by atoms with Crippen LogP contribution in [0.5, 0.6) is 0 Å². The second-order valence-electron chi connectivity index (χ2n) is 2.21. The molecule has 1 atom stereocenters. The van der Waals surface area contributed by atoms with Crippen LogP contribution in [-0.2, 0) is 4.74 Å². The van der Waals surface area contributed by atoms with Gasteiger partial charge in [-0.3, -0.25) is 0 Å². The molecule has 2 heterocycles. The summed E-state index contributed by atoms with van der Waals surface area (Å²) in [6, 6.07) is 0. The fraction of sp³-hybridized carbons (Fsp3) is 0.833. The predicted octanol–water partition coefficient (Wildman–Crippen LogP) is 1.44. The smallest absolute Gasteiger partial charge is 0.0758 e. The first kappa shape index (κ1) is 5.12. The molecule has 0 bridgehead atoms. The molecule has 2 aliphatic rings. The van der Waals surface area contributed by atoms with Gasteiger partial charge in [-0.25, -0.2) is 0 Å². The van der Waals surface area contributed by atoms with Crippen LogP contribution in [0.3, 0.4) is 0 Å². The van der Waals surface area contributed by atoms with Crippen molar-refractivity contribution in [1.82, 2.24) is 0 Å². The van der Waals surface area contributed by atoms with Gasteiger partial charge in [-0.05, 0) is 18.6 Å². The summed E-state index contributed by atoms with van der Waals surface area (Å²) in [4.78, 5) is 0. The molecule has 0 aliphatic carbocycles. The summed E-state index contributed by atoms with van der Waals surface area (Å²) >= 11 is 1.98. The lowest BCUT2D eigenvalue weighted by Crippen LogP contribution is -2.35. The van der Waals surface area contributed by atoms with Crippen LogP contribution < -0.4 is 0 Å². The first-order valence-corrected chi connectivity index (χ1v) is 4.05. The van der Waals surface area contributed by atoms with Gasteiger partial charge in [0.2, 0.25) is 0 Å². The van der Waals surface area contributed by atoms with Crippen molar-refractivity contribution in [3.63, 3.8) is 0 Å². The fourth-order valence-corrected chi connectivity index (χ4v) is 1.78. The first-order valence-electron chi connectivity index (χ1n) is 3.07. The molecule has 1 nitrogen and oxygen atoms in total. The molecule has 2 aliphatic heterocycles. The highest BCUT2D eigenvalue weighted by Gasteiger charge is 2.33. The summed E-state index contributed by atoms with van der Waals surface area (Å²) < 4.78 is 5.28. The molecule has 2 heteroatoms. The van der Waals surface area contributed by atoms with Gasteiger partial charge in [-0.15, -0.1) is 0 Å². The molecular weight excluding hydrogens is 120 g/mol. The molecule has 45 valence electrons. The normalized spacial score (nSPS) is 38.2. The van der Waals surface area contributed by atoms with Crippen molar-refractivity contribution in [3.05, 3.63) is 5.25 Å². The molecule has 0 spiro atoms. The zero-order chi connectivity index (χ0) is 5.40. The first-order chi connectivity index (χ1) is 3.97. The Morgan fingerprint density at radius 1 is 1.62 bits per heavy atom. The van der Waals surface area contributed by atoms with E-state index in [0.29, 0.717) is 6.10 Å². The predicted molar refractivity (Wildman–Crippen MR) is 34.7 cm³/mol. The van der Waals surface area contributed by atoms with Gasteiger partial charge < -0.3 is 4.74 Å². The molecule has 0 aromatic heterocycles. The van der Waals surface area contributed by atoms with E-state index in [1.165, 1.54) is 18.6 Å². The van der Waals surface area contributed by atoms with Gasteiger partial charge in [-0.2, -0.15) is 11.8 Å². The van der Waals surface area contributed by atoms with Crippen LogP contribution in [0.2, 0.25) is 0 Å². The third-order valence-corrected chi connectivity index (χ3v) is 2.94. The molecule has 0 N–H and O–H groups in total. The van der Waals surface area contributed by atoms with E-state index in [-0.39, 0.29) is 0 Å². The van der Waals surface area contributed by atoms with Crippen molar-refractivity contribution in [1.29, 1.82) is 0 Å². The highest BCUT2D eigenvalue weighted by Crippen LogP contribution is 2.43. The van der Waals surface area contributed by atoms with E-state index < -0.39 is 0 Å². The molecule has 8 heavy (non-hydrogen) atoms. The minimum atomic E-state index is 0.564. The minimum Gasteiger partial charge on any atom is -0.377 e. The van der Waals surface area contributed by atoms with E-state index in [2.05, 4.69) is 0 Å². The summed E-state index contributed by atoms with van der Waals surface area (Å²) in [6.07, 6.45) is 3.16. The number of thioether (sulfide) groups is 1. The van der Waals surface area contributed by atoms with Gasteiger partial charge in [0.15, 0.2) is 0 Å². The largest absolute Gasteiger partial charge is 0.377 e. The number of rotatable bonds is 1. The topological polar surface area (TPSA) is 9.23 Å². The molecular formula is C6H9OS. The van der Waals surface area contributed by atoms with Gasteiger partial charge in [0.25, 0.3) is 0 Å². The minimum absolute atomic E-state index is 0.564. The molecule has 0 amide bonds. The zero-order valence-corrected chi connectivity index (χ0v) is 5.54. The quantitative estimate of drug-likeness (QED) is 0.530. The maximum atomic E-state index is 5.28.